The molecule has 0 saturated heterocycles. The fourth-order valence-corrected chi connectivity index (χ4v) is 6.35. The second-order valence-corrected chi connectivity index (χ2v) is 11.0. The summed E-state index contributed by atoms with van der Waals surface area (Å²) in [5.41, 5.74) is 8.36. The Morgan fingerprint density at radius 2 is 0.814 bits per heavy atom. The molecule has 0 saturated carbocycles. The van der Waals surface area contributed by atoms with Gasteiger partial charge in [-0.05, 0) is 80.2 Å². The molecule has 0 bridgehead atoms. The van der Waals surface area contributed by atoms with Crippen molar-refractivity contribution in [3.63, 3.8) is 0 Å². The highest BCUT2D eigenvalue weighted by Crippen LogP contribution is 2.43. The third-order valence-corrected chi connectivity index (χ3v) is 8.42. The first-order valence-corrected chi connectivity index (χ1v) is 14.8. The Hall–Kier alpha value is -5.66. The zero-order chi connectivity index (χ0) is 28.6. The third kappa shape index (κ3) is 4.52. The summed E-state index contributed by atoms with van der Waals surface area (Å²) < 4.78 is 0. The minimum atomic E-state index is 1.13. The summed E-state index contributed by atoms with van der Waals surface area (Å²) in [6.45, 7) is 0. The molecule has 8 aromatic carbocycles. The zero-order valence-electron chi connectivity index (χ0n) is 23.7. The van der Waals surface area contributed by atoms with Crippen LogP contribution in [0.2, 0.25) is 0 Å². The molecule has 0 radical (unpaired) electrons. The summed E-state index contributed by atoms with van der Waals surface area (Å²) in [6, 6.07) is 63.5. The topological polar surface area (TPSA) is 3.24 Å². The van der Waals surface area contributed by atoms with E-state index < -0.39 is 0 Å². The Balaban J connectivity index is 1.30. The predicted molar refractivity (Wildman–Crippen MR) is 185 cm³/mol. The molecular weight excluding hydrogens is 518 g/mol. The largest absolute Gasteiger partial charge is 0.309 e. The van der Waals surface area contributed by atoms with Gasteiger partial charge in [0, 0.05) is 16.5 Å². The van der Waals surface area contributed by atoms with Crippen molar-refractivity contribution < 1.29 is 0 Å². The van der Waals surface area contributed by atoms with Crippen LogP contribution in [0.3, 0.4) is 0 Å². The SMILES string of the molecule is c1ccc(-c2cc(-c3ccc(N(c4cccc5ccccc45)c4cccc5ccccc45)cc3)cc3ccccc23)cc1. The molecule has 43 heavy (non-hydrogen) atoms. The van der Waals surface area contributed by atoms with Crippen LogP contribution in [0.4, 0.5) is 17.1 Å². The van der Waals surface area contributed by atoms with Gasteiger partial charge in [0.05, 0.1) is 11.4 Å². The molecule has 8 rings (SSSR count). The van der Waals surface area contributed by atoms with Crippen molar-refractivity contribution in [3.05, 3.63) is 176 Å². The predicted octanol–water partition coefficient (Wildman–Crippen LogP) is 11.9. The molecule has 0 amide bonds. The first kappa shape index (κ1) is 25.1. The van der Waals surface area contributed by atoms with Crippen LogP contribution < -0.4 is 4.90 Å². The molecule has 0 aliphatic carbocycles. The molecule has 8 aromatic rings. The van der Waals surface area contributed by atoms with Crippen LogP contribution in [-0.4, -0.2) is 0 Å². The van der Waals surface area contributed by atoms with Gasteiger partial charge in [0.1, 0.15) is 0 Å². The summed E-state index contributed by atoms with van der Waals surface area (Å²) in [5.74, 6) is 0. The highest BCUT2D eigenvalue weighted by Gasteiger charge is 2.18. The molecule has 0 aliphatic rings. The number of hydrogen-bond donors (Lipinski definition) is 0. The van der Waals surface area contributed by atoms with E-state index in [-0.39, 0.29) is 0 Å². The van der Waals surface area contributed by atoms with Crippen LogP contribution in [-0.2, 0) is 0 Å². The number of rotatable bonds is 5. The first-order chi connectivity index (χ1) is 21.3. The normalized spacial score (nSPS) is 11.3. The van der Waals surface area contributed by atoms with Crippen molar-refractivity contribution in [2.24, 2.45) is 0 Å². The Kier molecular flexibility index (Phi) is 6.20. The van der Waals surface area contributed by atoms with E-state index in [0.29, 0.717) is 0 Å². The van der Waals surface area contributed by atoms with E-state index in [9.17, 15) is 0 Å². The van der Waals surface area contributed by atoms with Crippen LogP contribution in [0.5, 0.6) is 0 Å². The zero-order valence-corrected chi connectivity index (χ0v) is 23.7. The molecule has 0 heterocycles. The number of benzene rings is 8. The first-order valence-electron chi connectivity index (χ1n) is 14.8. The molecule has 202 valence electrons. The Bertz CT molecular complexity index is 2140. The van der Waals surface area contributed by atoms with Gasteiger partial charge in [-0.25, -0.2) is 0 Å². The van der Waals surface area contributed by atoms with Gasteiger partial charge in [0.25, 0.3) is 0 Å². The van der Waals surface area contributed by atoms with E-state index in [0.717, 1.165) is 5.69 Å². The van der Waals surface area contributed by atoms with Gasteiger partial charge in [-0.2, -0.15) is 0 Å². The number of hydrogen-bond acceptors (Lipinski definition) is 1. The van der Waals surface area contributed by atoms with Crippen LogP contribution in [0.1, 0.15) is 0 Å². The maximum atomic E-state index is 2.41. The Labute approximate surface area is 251 Å². The van der Waals surface area contributed by atoms with E-state index in [1.165, 1.54) is 65.9 Å². The summed E-state index contributed by atoms with van der Waals surface area (Å²) in [5, 5.41) is 7.43. The lowest BCUT2D eigenvalue weighted by Gasteiger charge is -2.28. The van der Waals surface area contributed by atoms with Crippen molar-refractivity contribution >= 4 is 49.4 Å². The molecule has 0 unspecified atom stereocenters. The van der Waals surface area contributed by atoms with E-state index in [1.54, 1.807) is 0 Å². The Morgan fingerprint density at radius 1 is 0.302 bits per heavy atom. The monoisotopic (exact) mass is 547 g/mol. The van der Waals surface area contributed by atoms with Crippen LogP contribution in [0.25, 0.3) is 54.6 Å². The summed E-state index contributed by atoms with van der Waals surface area (Å²) in [6.07, 6.45) is 0. The van der Waals surface area contributed by atoms with Crippen molar-refractivity contribution in [2.45, 2.75) is 0 Å². The van der Waals surface area contributed by atoms with E-state index in [1.807, 2.05) is 0 Å². The quantitative estimate of drug-likeness (QED) is 0.207. The smallest absolute Gasteiger partial charge is 0.0540 e. The van der Waals surface area contributed by atoms with Crippen LogP contribution >= 0.6 is 0 Å². The molecule has 0 aromatic heterocycles. The standard InChI is InChI=1S/C42H29N/c1-2-12-33(13-3-1)40-29-35(28-34-16-6-7-19-37(34)40)30-24-26-36(27-25-30)43(41-22-10-17-31-14-4-8-20-38(31)41)42-23-11-18-32-15-5-9-21-39(32)42/h1-29H. The molecule has 0 aliphatic heterocycles. The van der Waals surface area contributed by atoms with Crippen molar-refractivity contribution in [3.8, 4) is 22.3 Å². The lowest BCUT2D eigenvalue weighted by Crippen LogP contribution is -2.11. The summed E-state index contributed by atoms with van der Waals surface area (Å²) in [7, 11) is 0. The van der Waals surface area contributed by atoms with Gasteiger partial charge in [0.2, 0.25) is 0 Å². The van der Waals surface area contributed by atoms with Gasteiger partial charge in [0.15, 0.2) is 0 Å². The minimum absolute atomic E-state index is 1.13. The van der Waals surface area contributed by atoms with Gasteiger partial charge in [-0.1, -0.05) is 140 Å². The number of nitrogens with zero attached hydrogens (tertiary/aromatic N) is 1. The van der Waals surface area contributed by atoms with E-state index >= 15 is 0 Å². The third-order valence-electron chi connectivity index (χ3n) is 8.42. The second-order valence-electron chi connectivity index (χ2n) is 11.0. The number of anilines is 3. The average Bonchev–Trinajstić information content (AvgIpc) is 3.09. The summed E-state index contributed by atoms with van der Waals surface area (Å²) in [4.78, 5) is 2.41. The molecule has 1 heteroatoms. The average molecular weight is 548 g/mol. The van der Waals surface area contributed by atoms with Gasteiger partial charge in [-0.3, -0.25) is 0 Å². The number of fused-ring (bicyclic) bond motifs is 3. The highest BCUT2D eigenvalue weighted by molar-refractivity contribution is 6.05. The minimum Gasteiger partial charge on any atom is -0.309 e. The van der Waals surface area contributed by atoms with Gasteiger partial charge in [-0.15, -0.1) is 0 Å². The molecular formula is C42H29N. The van der Waals surface area contributed by atoms with Crippen LogP contribution in [0, 0.1) is 0 Å². The van der Waals surface area contributed by atoms with Crippen molar-refractivity contribution in [2.75, 3.05) is 4.90 Å². The fourth-order valence-electron chi connectivity index (χ4n) is 6.35. The Morgan fingerprint density at radius 3 is 1.44 bits per heavy atom. The van der Waals surface area contributed by atoms with Gasteiger partial charge < -0.3 is 4.90 Å². The summed E-state index contributed by atoms with van der Waals surface area (Å²) >= 11 is 0. The highest BCUT2D eigenvalue weighted by atomic mass is 15.1. The van der Waals surface area contributed by atoms with E-state index in [4.69, 9.17) is 0 Å². The molecule has 1 nitrogen and oxygen atoms in total. The van der Waals surface area contributed by atoms with Gasteiger partial charge >= 0.3 is 0 Å². The second kappa shape index (κ2) is 10.6. The van der Waals surface area contributed by atoms with Crippen molar-refractivity contribution in [1.82, 2.24) is 0 Å². The molecule has 0 atom stereocenters. The van der Waals surface area contributed by atoms with Crippen molar-refractivity contribution in [1.29, 1.82) is 0 Å². The van der Waals surface area contributed by atoms with Crippen LogP contribution in [0.15, 0.2) is 176 Å². The maximum absolute atomic E-state index is 2.41. The lowest BCUT2D eigenvalue weighted by molar-refractivity contribution is 1.31. The fraction of sp³-hybridized carbons (Fsp3) is 0. The molecule has 0 N–H and O–H groups in total. The molecule has 0 spiro atoms. The lowest BCUT2D eigenvalue weighted by atomic mass is 9.93. The molecule has 0 fully saturated rings. The van der Waals surface area contributed by atoms with E-state index in [2.05, 4.69) is 181 Å². The maximum Gasteiger partial charge on any atom is 0.0540 e.